The molecule has 1 aliphatic heterocycles. The average molecular weight is 270 g/mol. The second-order valence-electron chi connectivity index (χ2n) is 5.73. The summed E-state index contributed by atoms with van der Waals surface area (Å²) in [5.41, 5.74) is 1.34. The number of nitrogens with zero attached hydrogens (tertiary/aromatic N) is 2. The van der Waals surface area contributed by atoms with Crippen molar-refractivity contribution in [2.45, 2.75) is 31.8 Å². The molecule has 1 N–H and O–H groups in total. The van der Waals surface area contributed by atoms with Gasteiger partial charge >= 0.3 is 0 Å². The standard InChI is InChI=1S/C17H22N2O/c1-2-19-11-4-8-17(20,9-12-19)15-6-7-16-14(13-15)5-3-10-18-16/h3,5-7,10,13,20H,2,4,8-9,11-12H2,1H3. The maximum absolute atomic E-state index is 11.0. The molecular weight excluding hydrogens is 248 g/mol. The van der Waals surface area contributed by atoms with Gasteiger partial charge in [0, 0.05) is 18.1 Å². The number of rotatable bonds is 2. The monoisotopic (exact) mass is 270 g/mol. The van der Waals surface area contributed by atoms with E-state index in [0.717, 1.165) is 55.4 Å². The van der Waals surface area contributed by atoms with Gasteiger partial charge in [0.15, 0.2) is 0 Å². The number of hydrogen-bond acceptors (Lipinski definition) is 3. The first-order valence-corrected chi connectivity index (χ1v) is 7.51. The van der Waals surface area contributed by atoms with E-state index in [1.807, 2.05) is 24.4 Å². The summed E-state index contributed by atoms with van der Waals surface area (Å²) >= 11 is 0. The Morgan fingerprint density at radius 3 is 3.00 bits per heavy atom. The molecule has 2 aromatic rings. The molecule has 1 aromatic carbocycles. The Bertz CT molecular complexity index is 598. The fourth-order valence-corrected chi connectivity index (χ4v) is 3.14. The highest BCUT2D eigenvalue weighted by Gasteiger charge is 2.31. The maximum atomic E-state index is 11.0. The first-order chi connectivity index (χ1) is 9.71. The highest BCUT2D eigenvalue weighted by molar-refractivity contribution is 5.79. The van der Waals surface area contributed by atoms with Crippen LogP contribution in [0.5, 0.6) is 0 Å². The first kappa shape index (κ1) is 13.5. The summed E-state index contributed by atoms with van der Waals surface area (Å²) in [5.74, 6) is 0. The Labute approximate surface area is 120 Å². The average Bonchev–Trinajstić information content (AvgIpc) is 2.69. The zero-order valence-corrected chi connectivity index (χ0v) is 12.0. The molecule has 2 heterocycles. The smallest absolute Gasteiger partial charge is 0.0909 e. The van der Waals surface area contributed by atoms with E-state index >= 15 is 0 Å². The third kappa shape index (κ3) is 2.56. The first-order valence-electron chi connectivity index (χ1n) is 7.51. The molecule has 20 heavy (non-hydrogen) atoms. The molecule has 0 saturated carbocycles. The van der Waals surface area contributed by atoms with Gasteiger partial charge in [-0.25, -0.2) is 0 Å². The lowest BCUT2D eigenvalue weighted by Gasteiger charge is -2.27. The van der Waals surface area contributed by atoms with E-state index in [0.29, 0.717) is 0 Å². The summed E-state index contributed by atoms with van der Waals surface area (Å²) in [6.45, 7) is 5.32. The van der Waals surface area contributed by atoms with E-state index in [-0.39, 0.29) is 0 Å². The Morgan fingerprint density at radius 1 is 1.25 bits per heavy atom. The van der Waals surface area contributed by atoms with Crippen molar-refractivity contribution in [2.75, 3.05) is 19.6 Å². The minimum atomic E-state index is -0.687. The van der Waals surface area contributed by atoms with Crippen molar-refractivity contribution in [3.05, 3.63) is 42.1 Å². The molecule has 0 aliphatic carbocycles. The number of likely N-dealkylation sites (tertiary alicyclic amines) is 1. The SMILES string of the molecule is CCN1CCCC(O)(c2ccc3ncccc3c2)CC1. The molecule has 106 valence electrons. The van der Waals surface area contributed by atoms with Crippen LogP contribution in [-0.2, 0) is 5.60 Å². The summed E-state index contributed by atoms with van der Waals surface area (Å²) in [6, 6.07) is 10.2. The Morgan fingerprint density at radius 2 is 2.15 bits per heavy atom. The van der Waals surface area contributed by atoms with Crippen LogP contribution < -0.4 is 0 Å². The molecule has 1 saturated heterocycles. The van der Waals surface area contributed by atoms with Gasteiger partial charge in [0.2, 0.25) is 0 Å². The van der Waals surface area contributed by atoms with Crippen molar-refractivity contribution >= 4 is 10.9 Å². The van der Waals surface area contributed by atoms with Crippen LogP contribution >= 0.6 is 0 Å². The summed E-state index contributed by atoms with van der Waals surface area (Å²) in [7, 11) is 0. The van der Waals surface area contributed by atoms with Crippen molar-refractivity contribution in [3.8, 4) is 0 Å². The van der Waals surface area contributed by atoms with E-state index in [4.69, 9.17) is 0 Å². The van der Waals surface area contributed by atoms with Crippen molar-refractivity contribution in [3.63, 3.8) is 0 Å². The van der Waals surface area contributed by atoms with Crippen molar-refractivity contribution in [1.82, 2.24) is 9.88 Å². The van der Waals surface area contributed by atoms with E-state index < -0.39 is 5.60 Å². The lowest BCUT2D eigenvalue weighted by Crippen LogP contribution is -2.29. The molecule has 3 nitrogen and oxygen atoms in total. The van der Waals surface area contributed by atoms with Gasteiger partial charge in [-0.05, 0) is 56.1 Å². The van der Waals surface area contributed by atoms with Gasteiger partial charge < -0.3 is 10.0 Å². The number of benzene rings is 1. The van der Waals surface area contributed by atoms with E-state index in [2.05, 4.69) is 28.9 Å². The lowest BCUT2D eigenvalue weighted by atomic mass is 9.86. The minimum absolute atomic E-state index is 0.687. The molecule has 1 atom stereocenters. The summed E-state index contributed by atoms with van der Waals surface area (Å²) in [4.78, 5) is 6.76. The molecule has 1 unspecified atom stereocenters. The number of aliphatic hydroxyl groups is 1. The molecule has 0 spiro atoms. The van der Waals surface area contributed by atoms with Crippen LogP contribution in [0, 0.1) is 0 Å². The predicted molar refractivity (Wildman–Crippen MR) is 81.6 cm³/mol. The van der Waals surface area contributed by atoms with Gasteiger partial charge in [0.1, 0.15) is 0 Å². The molecule has 0 bridgehead atoms. The quantitative estimate of drug-likeness (QED) is 0.911. The van der Waals surface area contributed by atoms with Crippen LogP contribution in [0.15, 0.2) is 36.5 Å². The number of fused-ring (bicyclic) bond motifs is 1. The van der Waals surface area contributed by atoms with Crippen LogP contribution in [0.4, 0.5) is 0 Å². The van der Waals surface area contributed by atoms with Crippen molar-refractivity contribution < 1.29 is 5.11 Å². The van der Waals surface area contributed by atoms with Crippen LogP contribution in [-0.4, -0.2) is 34.6 Å². The van der Waals surface area contributed by atoms with Crippen molar-refractivity contribution in [2.24, 2.45) is 0 Å². The molecule has 1 aromatic heterocycles. The largest absolute Gasteiger partial charge is 0.385 e. The fraction of sp³-hybridized carbons (Fsp3) is 0.471. The van der Waals surface area contributed by atoms with E-state index in [9.17, 15) is 5.11 Å². The van der Waals surface area contributed by atoms with Crippen LogP contribution in [0.25, 0.3) is 10.9 Å². The molecule has 3 heteroatoms. The van der Waals surface area contributed by atoms with Crippen LogP contribution in [0.3, 0.4) is 0 Å². The Balaban J connectivity index is 1.92. The molecule has 0 amide bonds. The third-order valence-corrected chi connectivity index (χ3v) is 4.49. The number of pyridine rings is 1. The Hall–Kier alpha value is -1.45. The second kappa shape index (κ2) is 5.51. The van der Waals surface area contributed by atoms with Gasteiger partial charge in [-0.1, -0.05) is 19.1 Å². The zero-order valence-electron chi connectivity index (χ0n) is 12.0. The minimum Gasteiger partial charge on any atom is -0.385 e. The fourth-order valence-electron chi connectivity index (χ4n) is 3.14. The molecule has 0 radical (unpaired) electrons. The van der Waals surface area contributed by atoms with Gasteiger partial charge in [0.05, 0.1) is 11.1 Å². The lowest BCUT2D eigenvalue weighted by molar-refractivity contribution is 0.0215. The van der Waals surface area contributed by atoms with E-state index in [1.54, 1.807) is 0 Å². The maximum Gasteiger partial charge on any atom is 0.0909 e. The molecule has 1 fully saturated rings. The van der Waals surface area contributed by atoms with Gasteiger partial charge in [0.25, 0.3) is 0 Å². The van der Waals surface area contributed by atoms with Crippen LogP contribution in [0.1, 0.15) is 31.7 Å². The Kier molecular flexibility index (Phi) is 3.72. The summed E-state index contributed by atoms with van der Waals surface area (Å²) < 4.78 is 0. The highest BCUT2D eigenvalue weighted by atomic mass is 16.3. The predicted octanol–water partition coefficient (Wildman–Crippen LogP) is 2.93. The number of hydrogen-bond donors (Lipinski definition) is 1. The summed E-state index contributed by atoms with van der Waals surface area (Å²) in [6.07, 6.45) is 4.51. The number of aromatic nitrogens is 1. The molecule has 1 aliphatic rings. The third-order valence-electron chi connectivity index (χ3n) is 4.49. The highest BCUT2D eigenvalue weighted by Crippen LogP contribution is 2.34. The summed E-state index contributed by atoms with van der Waals surface area (Å²) in [5, 5.41) is 12.2. The van der Waals surface area contributed by atoms with Crippen LogP contribution in [0.2, 0.25) is 0 Å². The topological polar surface area (TPSA) is 36.4 Å². The second-order valence-corrected chi connectivity index (χ2v) is 5.73. The van der Waals surface area contributed by atoms with Gasteiger partial charge in [-0.2, -0.15) is 0 Å². The molecule has 3 rings (SSSR count). The van der Waals surface area contributed by atoms with Gasteiger partial charge in [-0.3, -0.25) is 4.98 Å². The van der Waals surface area contributed by atoms with Gasteiger partial charge in [-0.15, -0.1) is 0 Å². The normalized spacial score (nSPS) is 24.7. The van der Waals surface area contributed by atoms with Crippen molar-refractivity contribution in [1.29, 1.82) is 0 Å². The molecular formula is C17H22N2O. The zero-order chi connectivity index (χ0) is 14.0. The van der Waals surface area contributed by atoms with E-state index in [1.165, 1.54) is 0 Å².